The van der Waals surface area contributed by atoms with Crippen molar-refractivity contribution in [3.8, 4) is 0 Å². The van der Waals surface area contributed by atoms with E-state index in [4.69, 9.17) is 0 Å². The van der Waals surface area contributed by atoms with E-state index in [1.807, 2.05) is 0 Å². The summed E-state index contributed by atoms with van der Waals surface area (Å²) >= 11 is 0. The molecule has 0 aromatic heterocycles. The number of nitrogens with one attached hydrogen (secondary N) is 1. The molecule has 1 fully saturated rings. The van der Waals surface area contributed by atoms with Crippen molar-refractivity contribution in [1.29, 1.82) is 0 Å². The molecule has 1 aliphatic rings. The molecule has 0 saturated carbocycles. The summed E-state index contributed by atoms with van der Waals surface area (Å²) in [6.45, 7) is 5.49. The minimum atomic E-state index is -0.0610. The van der Waals surface area contributed by atoms with E-state index in [9.17, 15) is 5.11 Å². The Bertz CT molecular complexity index is 364. The summed E-state index contributed by atoms with van der Waals surface area (Å²) in [5, 5.41) is 12.7. The summed E-state index contributed by atoms with van der Waals surface area (Å²) in [7, 11) is 0. The van der Waals surface area contributed by atoms with Crippen LogP contribution in [0.25, 0.3) is 0 Å². The molecule has 1 aromatic rings. The zero-order valence-corrected chi connectivity index (χ0v) is 10.2. The van der Waals surface area contributed by atoms with Crippen LogP contribution in [0.4, 0.5) is 0 Å². The van der Waals surface area contributed by atoms with Gasteiger partial charge in [-0.15, -0.1) is 0 Å². The Kier molecular flexibility index (Phi) is 3.31. The lowest BCUT2D eigenvalue weighted by Gasteiger charge is -2.21. The Hall–Kier alpha value is -0.860. The molecule has 1 aliphatic heterocycles. The van der Waals surface area contributed by atoms with Crippen molar-refractivity contribution in [3.05, 3.63) is 35.4 Å². The van der Waals surface area contributed by atoms with Crippen LogP contribution in [-0.4, -0.2) is 23.8 Å². The van der Waals surface area contributed by atoms with Gasteiger partial charge < -0.3 is 10.4 Å². The molecular weight excluding hydrogens is 198 g/mol. The summed E-state index contributed by atoms with van der Waals surface area (Å²) in [5.74, 6) is 0.652. The average molecular weight is 219 g/mol. The number of hydrogen-bond acceptors (Lipinski definition) is 2. The normalized spacial score (nSPS) is 29.6. The molecule has 88 valence electrons. The summed E-state index contributed by atoms with van der Waals surface area (Å²) in [6, 6.07) is 8.71. The summed E-state index contributed by atoms with van der Waals surface area (Å²) < 4.78 is 0. The summed E-state index contributed by atoms with van der Waals surface area (Å²) in [6.07, 6.45) is 2.18. The number of benzene rings is 1. The monoisotopic (exact) mass is 219 g/mol. The quantitative estimate of drug-likeness (QED) is 0.814. The molecule has 2 unspecified atom stereocenters. The Labute approximate surface area is 97.7 Å². The molecule has 0 amide bonds. The van der Waals surface area contributed by atoms with Crippen LogP contribution >= 0.6 is 0 Å². The van der Waals surface area contributed by atoms with Gasteiger partial charge in [-0.3, -0.25) is 0 Å². The molecule has 2 nitrogen and oxygen atoms in total. The number of hydrogen-bond donors (Lipinski definition) is 2. The van der Waals surface area contributed by atoms with E-state index in [0.29, 0.717) is 5.92 Å². The highest BCUT2D eigenvalue weighted by Gasteiger charge is 2.33. The predicted octanol–water partition coefficient (Wildman–Crippen LogP) is 1.90. The minimum absolute atomic E-state index is 0.0610. The van der Waals surface area contributed by atoms with Crippen LogP contribution in [0.2, 0.25) is 0 Å². The van der Waals surface area contributed by atoms with Crippen LogP contribution in [-0.2, 0) is 6.42 Å². The third kappa shape index (κ3) is 2.63. The van der Waals surface area contributed by atoms with Gasteiger partial charge in [0, 0.05) is 5.54 Å². The van der Waals surface area contributed by atoms with Gasteiger partial charge in [0.25, 0.3) is 0 Å². The van der Waals surface area contributed by atoms with Crippen LogP contribution in [0, 0.1) is 12.8 Å². The van der Waals surface area contributed by atoms with Crippen molar-refractivity contribution in [2.45, 2.75) is 32.2 Å². The van der Waals surface area contributed by atoms with Crippen molar-refractivity contribution in [1.82, 2.24) is 5.32 Å². The predicted molar refractivity (Wildman–Crippen MR) is 66.5 cm³/mol. The van der Waals surface area contributed by atoms with Crippen LogP contribution < -0.4 is 5.32 Å². The van der Waals surface area contributed by atoms with Gasteiger partial charge in [0.1, 0.15) is 0 Å². The fraction of sp³-hybridized carbons (Fsp3) is 0.571. The highest BCUT2D eigenvalue weighted by molar-refractivity contribution is 5.23. The lowest BCUT2D eigenvalue weighted by molar-refractivity contribution is 0.189. The lowest BCUT2D eigenvalue weighted by Crippen LogP contribution is -2.39. The lowest BCUT2D eigenvalue weighted by atomic mass is 9.91. The first-order chi connectivity index (χ1) is 7.61. The molecule has 2 atom stereocenters. The first-order valence-electron chi connectivity index (χ1n) is 6.03. The van der Waals surface area contributed by atoms with Gasteiger partial charge in [-0.1, -0.05) is 29.8 Å². The van der Waals surface area contributed by atoms with E-state index in [1.165, 1.54) is 11.1 Å². The molecule has 0 spiro atoms. The van der Waals surface area contributed by atoms with Crippen molar-refractivity contribution in [2.24, 2.45) is 5.92 Å². The molecule has 16 heavy (non-hydrogen) atoms. The second-order valence-corrected chi connectivity index (χ2v) is 5.36. The molecule has 1 saturated heterocycles. The Morgan fingerprint density at radius 3 is 2.94 bits per heavy atom. The third-order valence-corrected chi connectivity index (χ3v) is 3.51. The first-order valence-corrected chi connectivity index (χ1v) is 6.03. The molecule has 2 heteroatoms. The van der Waals surface area contributed by atoms with Crippen LogP contribution in [0.3, 0.4) is 0 Å². The second kappa shape index (κ2) is 4.56. The van der Waals surface area contributed by atoms with Gasteiger partial charge in [-0.2, -0.15) is 0 Å². The number of aryl methyl sites for hydroxylation is 1. The van der Waals surface area contributed by atoms with Crippen LogP contribution in [0.15, 0.2) is 24.3 Å². The Balaban J connectivity index is 1.97. The number of aliphatic hydroxyl groups is 1. The molecule has 0 aliphatic carbocycles. The van der Waals surface area contributed by atoms with E-state index in [0.717, 1.165) is 19.4 Å². The molecule has 1 aromatic carbocycles. The summed E-state index contributed by atoms with van der Waals surface area (Å²) in [4.78, 5) is 0. The highest BCUT2D eigenvalue weighted by atomic mass is 16.3. The SMILES string of the molecule is Cc1cccc(CC2CNC(C)(CO)C2)c1. The molecule has 0 radical (unpaired) electrons. The average Bonchev–Trinajstić information content (AvgIpc) is 2.61. The van der Waals surface area contributed by atoms with Gasteiger partial charge >= 0.3 is 0 Å². The number of aliphatic hydroxyl groups excluding tert-OH is 1. The zero-order chi connectivity index (χ0) is 11.6. The van der Waals surface area contributed by atoms with E-state index >= 15 is 0 Å². The zero-order valence-electron chi connectivity index (χ0n) is 10.2. The Morgan fingerprint density at radius 2 is 2.31 bits per heavy atom. The van der Waals surface area contributed by atoms with Crippen LogP contribution in [0.5, 0.6) is 0 Å². The van der Waals surface area contributed by atoms with Gasteiger partial charge in [0.05, 0.1) is 6.61 Å². The standard InChI is InChI=1S/C14H21NO/c1-11-4-3-5-12(6-11)7-13-8-14(2,10-16)15-9-13/h3-6,13,15-16H,7-10H2,1-2H3. The maximum atomic E-state index is 9.29. The fourth-order valence-electron chi connectivity index (χ4n) is 2.61. The maximum Gasteiger partial charge on any atom is 0.0610 e. The van der Waals surface area contributed by atoms with Gasteiger partial charge in [0.15, 0.2) is 0 Å². The van der Waals surface area contributed by atoms with E-state index in [-0.39, 0.29) is 12.1 Å². The van der Waals surface area contributed by atoms with Crippen molar-refractivity contribution < 1.29 is 5.11 Å². The molecule has 2 N–H and O–H groups in total. The molecule has 0 bridgehead atoms. The van der Waals surface area contributed by atoms with Crippen LogP contribution in [0.1, 0.15) is 24.5 Å². The van der Waals surface area contributed by atoms with E-state index < -0.39 is 0 Å². The second-order valence-electron chi connectivity index (χ2n) is 5.36. The topological polar surface area (TPSA) is 32.3 Å². The van der Waals surface area contributed by atoms with E-state index in [1.54, 1.807) is 0 Å². The van der Waals surface area contributed by atoms with Crippen molar-refractivity contribution >= 4 is 0 Å². The molecule has 2 rings (SSSR count). The van der Waals surface area contributed by atoms with Gasteiger partial charge in [-0.05, 0) is 44.7 Å². The maximum absolute atomic E-state index is 9.29. The fourth-order valence-corrected chi connectivity index (χ4v) is 2.61. The van der Waals surface area contributed by atoms with E-state index in [2.05, 4.69) is 43.4 Å². The largest absolute Gasteiger partial charge is 0.394 e. The summed E-state index contributed by atoms with van der Waals surface area (Å²) in [5.41, 5.74) is 2.68. The van der Waals surface area contributed by atoms with Crippen molar-refractivity contribution in [2.75, 3.05) is 13.2 Å². The Morgan fingerprint density at radius 1 is 1.50 bits per heavy atom. The third-order valence-electron chi connectivity index (χ3n) is 3.51. The minimum Gasteiger partial charge on any atom is -0.394 e. The smallest absolute Gasteiger partial charge is 0.0610 e. The first kappa shape index (κ1) is 11.6. The molecule has 1 heterocycles. The van der Waals surface area contributed by atoms with Crippen molar-refractivity contribution in [3.63, 3.8) is 0 Å². The van der Waals surface area contributed by atoms with Gasteiger partial charge in [-0.25, -0.2) is 0 Å². The molecular formula is C14H21NO. The number of rotatable bonds is 3. The van der Waals surface area contributed by atoms with Gasteiger partial charge in [0.2, 0.25) is 0 Å². The highest BCUT2D eigenvalue weighted by Crippen LogP contribution is 2.26.